The SMILES string of the molecule is CC(C)(C)OC(=O)C[C@H](CC(=O)O)C(=O)OC(C)(C)C. The Bertz CT molecular complexity index is 372. The maximum atomic E-state index is 11.9. The second kappa shape index (κ2) is 6.72. The Kier molecular flexibility index (Phi) is 6.19. The van der Waals surface area contributed by atoms with Gasteiger partial charge in [0.15, 0.2) is 0 Å². The lowest BCUT2D eigenvalue weighted by molar-refractivity contribution is -0.169. The van der Waals surface area contributed by atoms with Crippen LogP contribution in [0.2, 0.25) is 0 Å². The Balaban J connectivity index is 4.77. The molecule has 0 unspecified atom stereocenters. The third-order valence-electron chi connectivity index (χ3n) is 1.99. The average molecular weight is 288 g/mol. The average Bonchev–Trinajstić information content (AvgIpc) is 2.09. The van der Waals surface area contributed by atoms with Crippen molar-refractivity contribution in [1.29, 1.82) is 0 Å². The largest absolute Gasteiger partial charge is 0.481 e. The van der Waals surface area contributed by atoms with E-state index in [0.29, 0.717) is 0 Å². The van der Waals surface area contributed by atoms with Gasteiger partial charge in [0, 0.05) is 0 Å². The van der Waals surface area contributed by atoms with Crippen LogP contribution in [0.1, 0.15) is 54.4 Å². The first-order chi connectivity index (χ1) is 8.80. The fourth-order valence-corrected chi connectivity index (χ4v) is 1.42. The maximum Gasteiger partial charge on any atom is 0.310 e. The molecule has 1 atom stereocenters. The summed E-state index contributed by atoms with van der Waals surface area (Å²) in [5.74, 6) is -3.52. The number of ether oxygens (including phenoxy) is 2. The highest BCUT2D eigenvalue weighted by molar-refractivity contribution is 5.84. The van der Waals surface area contributed by atoms with Gasteiger partial charge in [-0.1, -0.05) is 0 Å². The number of aliphatic carboxylic acids is 1. The summed E-state index contributed by atoms with van der Waals surface area (Å²) in [6, 6.07) is 0. The van der Waals surface area contributed by atoms with E-state index in [1.54, 1.807) is 41.5 Å². The van der Waals surface area contributed by atoms with Crippen LogP contribution in [-0.4, -0.2) is 34.2 Å². The fraction of sp³-hybridized carbons (Fsp3) is 0.786. The number of carboxylic acid groups (broad SMARTS) is 1. The molecule has 6 nitrogen and oxygen atoms in total. The Morgan fingerprint density at radius 2 is 1.35 bits per heavy atom. The van der Waals surface area contributed by atoms with Gasteiger partial charge in [-0.25, -0.2) is 0 Å². The molecule has 0 aromatic rings. The van der Waals surface area contributed by atoms with Crippen molar-refractivity contribution in [3.63, 3.8) is 0 Å². The Hall–Kier alpha value is -1.59. The van der Waals surface area contributed by atoms with Gasteiger partial charge < -0.3 is 14.6 Å². The normalized spacial score (nSPS) is 13.5. The molecule has 0 aliphatic heterocycles. The van der Waals surface area contributed by atoms with E-state index in [1.165, 1.54) is 0 Å². The molecule has 6 heteroatoms. The Morgan fingerprint density at radius 3 is 1.70 bits per heavy atom. The fourth-order valence-electron chi connectivity index (χ4n) is 1.42. The standard InChI is InChI=1S/C14H24O6/c1-13(2,3)19-11(17)8-9(7-10(15)16)12(18)20-14(4,5)6/h9H,7-8H2,1-6H3,(H,15,16)/t9-/m0/s1. The zero-order valence-electron chi connectivity index (χ0n) is 13.0. The molecule has 0 heterocycles. The molecule has 0 saturated carbocycles. The Labute approximate surface area is 119 Å². The minimum atomic E-state index is -1.16. The van der Waals surface area contributed by atoms with Crippen LogP contribution in [0.4, 0.5) is 0 Å². The second-order valence-corrected chi connectivity index (χ2v) is 6.62. The van der Waals surface area contributed by atoms with Crippen LogP contribution in [0.3, 0.4) is 0 Å². The van der Waals surface area contributed by atoms with Crippen molar-refractivity contribution in [2.75, 3.05) is 0 Å². The maximum absolute atomic E-state index is 11.9. The lowest BCUT2D eigenvalue weighted by Crippen LogP contribution is -2.33. The number of rotatable bonds is 5. The van der Waals surface area contributed by atoms with E-state index in [4.69, 9.17) is 14.6 Å². The molecule has 0 radical (unpaired) electrons. The van der Waals surface area contributed by atoms with Gasteiger partial charge in [-0.3, -0.25) is 14.4 Å². The van der Waals surface area contributed by atoms with Gasteiger partial charge in [0.25, 0.3) is 0 Å². The highest BCUT2D eigenvalue weighted by atomic mass is 16.6. The van der Waals surface area contributed by atoms with Crippen LogP contribution in [0, 0.1) is 5.92 Å². The molecule has 1 N–H and O–H groups in total. The summed E-state index contributed by atoms with van der Waals surface area (Å²) in [5.41, 5.74) is -1.42. The molecular formula is C14H24O6. The summed E-state index contributed by atoms with van der Waals surface area (Å²) >= 11 is 0. The number of hydrogen-bond donors (Lipinski definition) is 1. The minimum Gasteiger partial charge on any atom is -0.481 e. The lowest BCUT2D eigenvalue weighted by atomic mass is 10.0. The smallest absolute Gasteiger partial charge is 0.310 e. The summed E-state index contributed by atoms with van der Waals surface area (Å²) in [4.78, 5) is 34.4. The summed E-state index contributed by atoms with van der Waals surface area (Å²) in [5, 5.41) is 8.82. The highest BCUT2D eigenvalue weighted by Gasteiger charge is 2.31. The molecule has 0 aliphatic carbocycles. The summed E-state index contributed by atoms with van der Waals surface area (Å²) in [6.07, 6.45) is -0.771. The zero-order chi connectivity index (χ0) is 16.1. The number of hydrogen-bond acceptors (Lipinski definition) is 5. The van der Waals surface area contributed by atoms with Gasteiger partial charge in [0.1, 0.15) is 11.2 Å². The van der Waals surface area contributed by atoms with Gasteiger partial charge in [-0.2, -0.15) is 0 Å². The van der Waals surface area contributed by atoms with Crippen molar-refractivity contribution >= 4 is 17.9 Å². The second-order valence-electron chi connectivity index (χ2n) is 6.62. The monoisotopic (exact) mass is 288 g/mol. The lowest BCUT2D eigenvalue weighted by Gasteiger charge is -2.24. The molecule has 20 heavy (non-hydrogen) atoms. The summed E-state index contributed by atoms with van der Waals surface area (Å²) in [7, 11) is 0. The van der Waals surface area contributed by atoms with Gasteiger partial charge in [-0.05, 0) is 41.5 Å². The van der Waals surface area contributed by atoms with E-state index in [0.717, 1.165) is 0 Å². The van der Waals surface area contributed by atoms with Crippen molar-refractivity contribution in [1.82, 2.24) is 0 Å². The first kappa shape index (κ1) is 18.4. The molecule has 0 rings (SSSR count). The van der Waals surface area contributed by atoms with Crippen LogP contribution in [0.25, 0.3) is 0 Å². The zero-order valence-corrected chi connectivity index (χ0v) is 13.0. The van der Waals surface area contributed by atoms with Gasteiger partial charge >= 0.3 is 17.9 Å². The predicted molar refractivity (Wildman–Crippen MR) is 72.0 cm³/mol. The van der Waals surface area contributed by atoms with Crippen molar-refractivity contribution < 1.29 is 29.0 Å². The third-order valence-corrected chi connectivity index (χ3v) is 1.99. The summed E-state index contributed by atoms with van der Waals surface area (Å²) < 4.78 is 10.2. The van der Waals surface area contributed by atoms with Crippen LogP contribution in [0.15, 0.2) is 0 Å². The number of carbonyl (C=O) groups excluding carboxylic acids is 2. The molecule has 0 bridgehead atoms. The molecule has 0 amide bonds. The van der Waals surface area contributed by atoms with Crippen molar-refractivity contribution in [2.24, 2.45) is 5.92 Å². The topological polar surface area (TPSA) is 89.9 Å². The first-order valence-electron chi connectivity index (χ1n) is 6.46. The molecule has 0 aliphatic rings. The predicted octanol–water partition coefficient (Wildman–Crippen LogP) is 2.15. The van der Waals surface area contributed by atoms with E-state index in [2.05, 4.69) is 0 Å². The minimum absolute atomic E-state index is 0.307. The quantitative estimate of drug-likeness (QED) is 0.780. The van der Waals surface area contributed by atoms with E-state index >= 15 is 0 Å². The first-order valence-corrected chi connectivity index (χ1v) is 6.46. The number of esters is 2. The molecule has 0 aromatic heterocycles. The van der Waals surface area contributed by atoms with Crippen LogP contribution < -0.4 is 0 Å². The molecule has 0 aromatic carbocycles. The van der Waals surface area contributed by atoms with Crippen LogP contribution in [0.5, 0.6) is 0 Å². The van der Waals surface area contributed by atoms with Crippen molar-refractivity contribution in [2.45, 2.75) is 65.6 Å². The molecule has 0 fully saturated rings. The molecule has 0 spiro atoms. The van der Waals surface area contributed by atoms with Gasteiger partial charge in [-0.15, -0.1) is 0 Å². The molecule has 0 saturated heterocycles. The van der Waals surface area contributed by atoms with Crippen LogP contribution >= 0.6 is 0 Å². The van der Waals surface area contributed by atoms with E-state index < -0.39 is 41.4 Å². The van der Waals surface area contributed by atoms with Crippen LogP contribution in [-0.2, 0) is 23.9 Å². The highest BCUT2D eigenvalue weighted by Crippen LogP contribution is 2.19. The van der Waals surface area contributed by atoms with E-state index in [1.807, 2.05) is 0 Å². The number of carboxylic acids is 1. The molecule has 116 valence electrons. The third kappa shape index (κ3) is 9.35. The Morgan fingerprint density at radius 1 is 0.900 bits per heavy atom. The summed E-state index contributed by atoms with van der Waals surface area (Å²) in [6.45, 7) is 10.1. The van der Waals surface area contributed by atoms with E-state index in [9.17, 15) is 14.4 Å². The van der Waals surface area contributed by atoms with Gasteiger partial charge in [0.2, 0.25) is 0 Å². The van der Waals surface area contributed by atoms with Crippen molar-refractivity contribution in [3.8, 4) is 0 Å². The van der Waals surface area contributed by atoms with E-state index in [-0.39, 0.29) is 6.42 Å². The van der Waals surface area contributed by atoms with Crippen molar-refractivity contribution in [3.05, 3.63) is 0 Å². The molecular weight excluding hydrogens is 264 g/mol. The number of carbonyl (C=O) groups is 3. The van der Waals surface area contributed by atoms with Gasteiger partial charge in [0.05, 0.1) is 18.8 Å².